The maximum Gasteiger partial charge on any atom is 0.247 e. The second kappa shape index (κ2) is 14.5. The first-order valence-electron chi connectivity index (χ1n) is 15.7. The molecule has 0 spiro atoms. The number of nitrogens with zero attached hydrogens (tertiary/aromatic N) is 6. The van der Waals surface area contributed by atoms with Gasteiger partial charge < -0.3 is 14.7 Å². The molecule has 0 N–H and O–H groups in total. The van der Waals surface area contributed by atoms with Crippen molar-refractivity contribution < 1.29 is 9.59 Å². The van der Waals surface area contributed by atoms with Gasteiger partial charge >= 0.3 is 0 Å². The summed E-state index contributed by atoms with van der Waals surface area (Å²) in [6, 6.07) is 23.7. The Labute approximate surface area is 267 Å². The number of rotatable bonds is 10. The van der Waals surface area contributed by atoms with Crippen LogP contribution in [-0.4, -0.2) is 80.5 Å². The molecule has 2 amide bonds. The third kappa shape index (κ3) is 7.75. The largest absolute Gasteiger partial charge is 0.341 e. The van der Waals surface area contributed by atoms with Gasteiger partial charge in [0.2, 0.25) is 11.8 Å². The van der Waals surface area contributed by atoms with Crippen LogP contribution in [0.5, 0.6) is 0 Å². The van der Waals surface area contributed by atoms with Crippen LogP contribution in [0.4, 0.5) is 0 Å². The minimum Gasteiger partial charge on any atom is -0.341 e. The van der Waals surface area contributed by atoms with Crippen LogP contribution in [0, 0.1) is 13.8 Å². The first kappa shape index (κ1) is 31.9. The minimum absolute atomic E-state index is 0.00310. The van der Waals surface area contributed by atoms with Crippen LogP contribution in [0.2, 0.25) is 0 Å². The van der Waals surface area contributed by atoms with Gasteiger partial charge in [0.1, 0.15) is 6.04 Å². The van der Waals surface area contributed by atoms with Crippen molar-refractivity contribution >= 4 is 17.9 Å². The SMILES string of the molecule is Cc1nn(C)c(C)c1C=CC(=O)N(Cc1ccc(-c2ccccn2)cc1)C(Cc1ccccc1)C(=O)N1CCC(N(C)C)CC1. The third-order valence-electron chi connectivity index (χ3n) is 8.95. The molecule has 0 saturated carbocycles. The van der Waals surface area contributed by atoms with Gasteiger partial charge in [-0.1, -0.05) is 60.7 Å². The second-order valence-corrected chi connectivity index (χ2v) is 12.1. The Kier molecular flexibility index (Phi) is 10.2. The Morgan fingerprint density at radius 3 is 2.22 bits per heavy atom. The number of amides is 2. The molecule has 1 atom stereocenters. The molecular formula is C37H44N6O2. The Morgan fingerprint density at radius 2 is 1.62 bits per heavy atom. The number of aryl methyl sites for hydroxylation is 2. The lowest BCUT2D eigenvalue weighted by molar-refractivity contribution is -0.145. The van der Waals surface area contributed by atoms with Crippen molar-refractivity contribution in [2.75, 3.05) is 27.2 Å². The molecule has 4 aromatic rings. The van der Waals surface area contributed by atoms with Crippen LogP contribution in [0.1, 0.15) is 40.9 Å². The van der Waals surface area contributed by atoms with Gasteiger partial charge in [0.15, 0.2) is 0 Å². The van der Waals surface area contributed by atoms with E-state index in [1.807, 2.05) is 109 Å². The Morgan fingerprint density at radius 1 is 0.933 bits per heavy atom. The van der Waals surface area contributed by atoms with Crippen LogP contribution in [-0.2, 0) is 29.6 Å². The van der Waals surface area contributed by atoms with Gasteiger partial charge in [-0.25, -0.2) is 0 Å². The van der Waals surface area contributed by atoms with Crippen molar-refractivity contribution in [3.63, 3.8) is 0 Å². The fourth-order valence-electron chi connectivity index (χ4n) is 6.12. The first-order valence-corrected chi connectivity index (χ1v) is 15.7. The lowest BCUT2D eigenvalue weighted by Gasteiger charge is -2.39. The Bertz CT molecular complexity index is 1600. The van der Waals surface area contributed by atoms with Crippen molar-refractivity contribution in [3.8, 4) is 11.3 Å². The summed E-state index contributed by atoms with van der Waals surface area (Å²) < 4.78 is 1.82. The standard InChI is InChI=1S/C37H44N6O2/c1-27-33(28(2)41(5)39-27)18-19-36(44)43(26-30-14-16-31(17-15-30)34-13-9-10-22-38-34)35(25-29-11-7-6-8-12-29)37(45)42-23-20-32(21-24-42)40(3)4/h6-19,22,32,35H,20-21,23-26H2,1-5H3. The first-order chi connectivity index (χ1) is 21.7. The van der Waals surface area contributed by atoms with Gasteiger partial charge in [-0.2, -0.15) is 5.10 Å². The van der Waals surface area contributed by atoms with Gasteiger partial charge in [0, 0.05) is 68.2 Å². The molecule has 234 valence electrons. The predicted molar refractivity (Wildman–Crippen MR) is 179 cm³/mol. The van der Waals surface area contributed by atoms with E-state index >= 15 is 0 Å². The molecule has 1 unspecified atom stereocenters. The zero-order valence-electron chi connectivity index (χ0n) is 27.1. The summed E-state index contributed by atoms with van der Waals surface area (Å²) >= 11 is 0. The number of hydrogen-bond donors (Lipinski definition) is 0. The van der Waals surface area contributed by atoms with Crippen LogP contribution in [0.15, 0.2) is 85.1 Å². The Balaban J connectivity index is 1.49. The van der Waals surface area contributed by atoms with Crippen molar-refractivity contribution in [1.29, 1.82) is 0 Å². The smallest absolute Gasteiger partial charge is 0.247 e. The number of aromatic nitrogens is 3. The Hall–Kier alpha value is -4.56. The zero-order chi connectivity index (χ0) is 31.9. The number of pyridine rings is 1. The van der Waals surface area contributed by atoms with Crippen LogP contribution in [0.3, 0.4) is 0 Å². The highest BCUT2D eigenvalue weighted by atomic mass is 16.2. The average Bonchev–Trinajstić information content (AvgIpc) is 3.31. The topological polar surface area (TPSA) is 74.6 Å². The van der Waals surface area contributed by atoms with Crippen LogP contribution in [0.25, 0.3) is 17.3 Å². The fourth-order valence-corrected chi connectivity index (χ4v) is 6.12. The monoisotopic (exact) mass is 604 g/mol. The summed E-state index contributed by atoms with van der Waals surface area (Å²) in [4.78, 5) is 39.0. The molecule has 5 rings (SSSR count). The maximum absolute atomic E-state index is 14.4. The second-order valence-electron chi connectivity index (χ2n) is 12.1. The number of hydrogen-bond acceptors (Lipinski definition) is 5. The quantitative estimate of drug-likeness (QED) is 0.230. The van der Waals surface area contributed by atoms with Crippen LogP contribution >= 0.6 is 0 Å². The molecular weight excluding hydrogens is 560 g/mol. The summed E-state index contributed by atoms with van der Waals surface area (Å²) in [5.74, 6) is -0.208. The lowest BCUT2D eigenvalue weighted by Crippen LogP contribution is -2.54. The van der Waals surface area contributed by atoms with Crippen LogP contribution < -0.4 is 0 Å². The fraction of sp³-hybridized carbons (Fsp3) is 0.351. The number of likely N-dealkylation sites (tertiary alicyclic amines) is 1. The van der Waals surface area contributed by atoms with Gasteiger partial charge in [-0.3, -0.25) is 19.3 Å². The van der Waals surface area contributed by atoms with E-state index in [1.165, 1.54) is 0 Å². The summed E-state index contributed by atoms with van der Waals surface area (Å²) in [6.07, 6.45) is 7.48. The molecule has 3 heterocycles. The number of carbonyl (C=O) groups is 2. The zero-order valence-corrected chi connectivity index (χ0v) is 27.1. The number of benzene rings is 2. The minimum atomic E-state index is -0.660. The van der Waals surface area contributed by atoms with Crippen molar-refractivity contribution in [2.45, 2.75) is 51.7 Å². The number of carbonyl (C=O) groups excluding carboxylic acids is 2. The van der Waals surface area contributed by atoms with E-state index in [4.69, 9.17) is 0 Å². The average molecular weight is 605 g/mol. The van der Waals surface area contributed by atoms with Gasteiger partial charge in [0.25, 0.3) is 0 Å². The van der Waals surface area contributed by atoms with Crippen molar-refractivity contribution in [3.05, 3.63) is 113 Å². The number of piperidine rings is 1. The highest BCUT2D eigenvalue weighted by Crippen LogP contribution is 2.23. The summed E-state index contributed by atoms with van der Waals surface area (Å²) in [7, 11) is 6.09. The van der Waals surface area contributed by atoms with Crippen molar-refractivity contribution in [1.82, 2.24) is 29.5 Å². The normalized spacial score (nSPS) is 14.7. The maximum atomic E-state index is 14.4. The van der Waals surface area contributed by atoms with E-state index in [1.54, 1.807) is 17.2 Å². The van der Waals surface area contributed by atoms with Gasteiger partial charge in [-0.15, -0.1) is 0 Å². The highest BCUT2D eigenvalue weighted by molar-refractivity contribution is 5.96. The van der Waals surface area contributed by atoms with E-state index in [2.05, 4.69) is 29.1 Å². The molecule has 0 bridgehead atoms. The molecule has 1 fully saturated rings. The molecule has 0 aliphatic carbocycles. The lowest BCUT2D eigenvalue weighted by atomic mass is 9.98. The van der Waals surface area contributed by atoms with Gasteiger partial charge in [0.05, 0.1) is 11.4 Å². The van der Waals surface area contributed by atoms with E-state index in [0.29, 0.717) is 32.1 Å². The molecule has 2 aromatic carbocycles. The summed E-state index contributed by atoms with van der Waals surface area (Å²) in [6.45, 7) is 5.59. The highest BCUT2D eigenvalue weighted by Gasteiger charge is 2.34. The molecule has 2 aromatic heterocycles. The molecule has 1 aliphatic heterocycles. The van der Waals surface area contributed by atoms with E-state index in [0.717, 1.165) is 52.2 Å². The molecule has 8 heteroatoms. The third-order valence-corrected chi connectivity index (χ3v) is 8.95. The van der Waals surface area contributed by atoms with E-state index in [-0.39, 0.29) is 11.8 Å². The van der Waals surface area contributed by atoms with E-state index < -0.39 is 6.04 Å². The van der Waals surface area contributed by atoms with E-state index in [9.17, 15) is 9.59 Å². The molecule has 1 aliphatic rings. The van der Waals surface area contributed by atoms with Crippen molar-refractivity contribution in [2.24, 2.45) is 7.05 Å². The summed E-state index contributed by atoms with van der Waals surface area (Å²) in [5.41, 5.74) is 6.61. The molecule has 8 nitrogen and oxygen atoms in total. The van der Waals surface area contributed by atoms with Gasteiger partial charge in [-0.05, 0) is 70.1 Å². The summed E-state index contributed by atoms with van der Waals surface area (Å²) in [5, 5.41) is 4.50. The predicted octanol–water partition coefficient (Wildman–Crippen LogP) is 5.30. The molecule has 0 radical (unpaired) electrons. The molecule has 45 heavy (non-hydrogen) atoms. The molecule has 1 saturated heterocycles.